The molecule has 3 rings (SSSR count). The molecule has 1 unspecified atom stereocenters. The van der Waals surface area contributed by atoms with E-state index in [1.165, 1.54) is 5.56 Å². The van der Waals surface area contributed by atoms with Gasteiger partial charge < -0.3 is 4.74 Å². The molecule has 0 amide bonds. The molecule has 0 saturated heterocycles. The third-order valence-corrected chi connectivity index (χ3v) is 3.93. The van der Waals surface area contributed by atoms with Gasteiger partial charge in [-0.3, -0.25) is 4.79 Å². The van der Waals surface area contributed by atoms with Crippen LogP contribution in [0.15, 0.2) is 42.6 Å². The van der Waals surface area contributed by atoms with E-state index in [4.69, 9.17) is 4.74 Å². The van der Waals surface area contributed by atoms with E-state index in [2.05, 4.69) is 4.98 Å². The lowest BCUT2D eigenvalue weighted by Crippen LogP contribution is -2.24. The molecule has 1 aromatic heterocycles. The maximum absolute atomic E-state index is 12.6. The molecule has 20 heavy (non-hydrogen) atoms. The number of benzene rings is 1. The van der Waals surface area contributed by atoms with Crippen molar-refractivity contribution in [2.45, 2.75) is 19.3 Å². The van der Waals surface area contributed by atoms with Crippen LogP contribution in [0, 0.1) is 5.92 Å². The van der Waals surface area contributed by atoms with Crippen molar-refractivity contribution in [3.63, 3.8) is 0 Å². The zero-order chi connectivity index (χ0) is 13.9. The second-order valence-electron chi connectivity index (χ2n) is 5.13. The number of pyridine rings is 1. The van der Waals surface area contributed by atoms with Gasteiger partial charge >= 0.3 is 0 Å². The third-order valence-electron chi connectivity index (χ3n) is 3.93. The summed E-state index contributed by atoms with van der Waals surface area (Å²) in [6.07, 6.45) is 4.27. The molecule has 102 valence electrons. The number of fused-ring (bicyclic) bond motifs is 1. The minimum atomic E-state index is 0.0306. The van der Waals surface area contributed by atoms with Gasteiger partial charge in [0, 0.05) is 23.2 Å². The number of methoxy groups -OCH3 is 1. The molecule has 0 spiro atoms. The SMILES string of the molecule is COc1ncccc1CC1CCc2ccccc2C1=O. The summed E-state index contributed by atoms with van der Waals surface area (Å²) < 4.78 is 5.27. The molecule has 1 aliphatic rings. The fourth-order valence-electron chi connectivity index (χ4n) is 2.88. The van der Waals surface area contributed by atoms with Gasteiger partial charge in [-0.2, -0.15) is 0 Å². The summed E-state index contributed by atoms with van der Waals surface area (Å²) in [6.45, 7) is 0. The van der Waals surface area contributed by atoms with Crippen molar-refractivity contribution in [3.8, 4) is 5.88 Å². The van der Waals surface area contributed by atoms with E-state index in [-0.39, 0.29) is 11.7 Å². The van der Waals surface area contributed by atoms with E-state index in [9.17, 15) is 4.79 Å². The number of aromatic nitrogens is 1. The number of nitrogens with zero attached hydrogens (tertiary/aromatic N) is 1. The number of ether oxygens (including phenoxy) is 1. The predicted octanol–water partition coefficient (Wildman–Crippen LogP) is 3.08. The lowest BCUT2D eigenvalue weighted by Gasteiger charge is -2.23. The summed E-state index contributed by atoms with van der Waals surface area (Å²) in [5, 5.41) is 0. The number of Topliss-reactive ketones (excluding diaryl/α,β-unsaturated/α-hetero) is 1. The maximum atomic E-state index is 12.6. The van der Waals surface area contributed by atoms with Gasteiger partial charge in [-0.1, -0.05) is 30.3 Å². The summed E-state index contributed by atoms with van der Waals surface area (Å²) in [5.41, 5.74) is 3.06. The minimum Gasteiger partial charge on any atom is -0.481 e. The van der Waals surface area contributed by atoms with Crippen LogP contribution in [0.25, 0.3) is 0 Å². The molecule has 0 radical (unpaired) electrons. The Balaban J connectivity index is 1.85. The quantitative estimate of drug-likeness (QED) is 0.858. The van der Waals surface area contributed by atoms with Crippen molar-refractivity contribution in [1.82, 2.24) is 4.98 Å². The molecule has 3 heteroatoms. The summed E-state index contributed by atoms with van der Waals surface area (Å²) >= 11 is 0. The van der Waals surface area contributed by atoms with Crippen LogP contribution in [0.4, 0.5) is 0 Å². The molecule has 0 fully saturated rings. The molecule has 0 bridgehead atoms. The van der Waals surface area contributed by atoms with Gasteiger partial charge in [0.2, 0.25) is 5.88 Å². The Morgan fingerprint density at radius 1 is 1.25 bits per heavy atom. The Morgan fingerprint density at radius 2 is 2.10 bits per heavy atom. The van der Waals surface area contributed by atoms with Gasteiger partial charge in [-0.05, 0) is 30.9 Å². The van der Waals surface area contributed by atoms with Crippen LogP contribution in [0.1, 0.15) is 27.9 Å². The molecule has 1 aliphatic carbocycles. The normalized spacial score (nSPS) is 17.6. The molecule has 1 heterocycles. The van der Waals surface area contributed by atoms with Crippen LogP contribution in [-0.2, 0) is 12.8 Å². The highest BCUT2D eigenvalue weighted by Gasteiger charge is 2.27. The minimum absolute atomic E-state index is 0.0306. The highest BCUT2D eigenvalue weighted by Crippen LogP contribution is 2.29. The molecule has 2 aromatic rings. The zero-order valence-electron chi connectivity index (χ0n) is 11.5. The number of hydrogen-bond acceptors (Lipinski definition) is 3. The Hall–Kier alpha value is -2.16. The van der Waals surface area contributed by atoms with E-state index in [0.717, 1.165) is 24.0 Å². The molecule has 3 nitrogen and oxygen atoms in total. The molecular formula is C17H17NO2. The Kier molecular flexibility index (Phi) is 3.50. The maximum Gasteiger partial charge on any atom is 0.216 e. The van der Waals surface area contributed by atoms with Crippen molar-refractivity contribution in [2.24, 2.45) is 5.92 Å². The standard InChI is InChI=1S/C17H17NO2/c1-20-17-14(6-4-10-18-17)11-13-9-8-12-5-2-3-7-15(12)16(13)19/h2-7,10,13H,8-9,11H2,1H3. The number of rotatable bonds is 3. The van der Waals surface area contributed by atoms with Gasteiger partial charge in [-0.25, -0.2) is 4.98 Å². The lowest BCUT2D eigenvalue weighted by atomic mass is 9.80. The first-order valence-corrected chi connectivity index (χ1v) is 6.89. The topological polar surface area (TPSA) is 39.2 Å². The van der Waals surface area contributed by atoms with Crippen LogP contribution in [0.3, 0.4) is 0 Å². The predicted molar refractivity (Wildman–Crippen MR) is 77.1 cm³/mol. The molecule has 0 aliphatic heterocycles. The number of aryl methyl sites for hydroxylation is 1. The summed E-state index contributed by atoms with van der Waals surface area (Å²) in [7, 11) is 1.61. The first kappa shape index (κ1) is 12.9. The van der Waals surface area contributed by atoms with Crippen LogP contribution < -0.4 is 4.74 Å². The number of hydrogen-bond donors (Lipinski definition) is 0. The fourth-order valence-corrected chi connectivity index (χ4v) is 2.88. The molecule has 1 atom stereocenters. The first-order chi connectivity index (χ1) is 9.79. The van der Waals surface area contributed by atoms with Crippen molar-refractivity contribution in [2.75, 3.05) is 7.11 Å². The van der Waals surface area contributed by atoms with Crippen molar-refractivity contribution in [1.29, 1.82) is 0 Å². The molecule has 1 aromatic carbocycles. The number of carbonyl (C=O) groups is 1. The molecule has 0 N–H and O–H groups in total. The van der Waals surface area contributed by atoms with Crippen molar-refractivity contribution >= 4 is 5.78 Å². The van der Waals surface area contributed by atoms with Crippen LogP contribution >= 0.6 is 0 Å². The van der Waals surface area contributed by atoms with Crippen molar-refractivity contribution < 1.29 is 9.53 Å². The van der Waals surface area contributed by atoms with Gasteiger partial charge in [0.05, 0.1) is 7.11 Å². The Bertz CT molecular complexity index is 636. The number of carbonyl (C=O) groups excluding carboxylic acids is 1. The highest BCUT2D eigenvalue weighted by molar-refractivity contribution is 6.00. The monoisotopic (exact) mass is 267 g/mol. The Labute approximate surface area is 118 Å². The van der Waals surface area contributed by atoms with Crippen LogP contribution in [0.5, 0.6) is 5.88 Å². The van der Waals surface area contributed by atoms with E-state index >= 15 is 0 Å². The fraction of sp³-hybridized carbons (Fsp3) is 0.294. The largest absolute Gasteiger partial charge is 0.481 e. The summed E-state index contributed by atoms with van der Waals surface area (Å²) in [5.74, 6) is 0.903. The average Bonchev–Trinajstić information content (AvgIpc) is 2.51. The smallest absolute Gasteiger partial charge is 0.216 e. The molecular weight excluding hydrogens is 250 g/mol. The Morgan fingerprint density at radius 3 is 2.95 bits per heavy atom. The van der Waals surface area contributed by atoms with E-state index < -0.39 is 0 Å². The van der Waals surface area contributed by atoms with E-state index in [1.54, 1.807) is 13.3 Å². The van der Waals surface area contributed by atoms with Gasteiger partial charge in [0.15, 0.2) is 5.78 Å². The van der Waals surface area contributed by atoms with Gasteiger partial charge in [0.25, 0.3) is 0 Å². The average molecular weight is 267 g/mol. The van der Waals surface area contributed by atoms with Gasteiger partial charge in [0.1, 0.15) is 0 Å². The number of ketones is 1. The van der Waals surface area contributed by atoms with Crippen LogP contribution in [-0.4, -0.2) is 17.9 Å². The second kappa shape index (κ2) is 5.45. The summed E-state index contributed by atoms with van der Waals surface area (Å²) in [4.78, 5) is 16.8. The van der Waals surface area contributed by atoms with Crippen LogP contribution in [0.2, 0.25) is 0 Å². The van der Waals surface area contributed by atoms with E-state index in [1.807, 2.05) is 36.4 Å². The summed E-state index contributed by atoms with van der Waals surface area (Å²) in [6, 6.07) is 11.8. The lowest BCUT2D eigenvalue weighted by molar-refractivity contribution is 0.0901. The third kappa shape index (κ3) is 2.31. The first-order valence-electron chi connectivity index (χ1n) is 6.89. The van der Waals surface area contributed by atoms with Gasteiger partial charge in [-0.15, -0.1) is 0 Å². The zero-order valence-corrected chi connectivity index (χ0v) is 11.5. The van der Waals surface area contributed by atoms with Crippen molar-refractivity contribution in [3.05, 3.63) is 59.3 Å². The second-order valence-corrected chi connectivity index (χ2v) is 5.13. The molecule has 0 saturated carbocycles. The highest BCUT2D eigenvalue weighted by atomic mass is 16.5. The van der Waals surface area contributed by atoms with E-state index in [0.29, 0.717) is 12.3 Å².